The molecule has 0 bridgehead atoms. The largest absolute Gasteiger partial charge is 0.379 e. The maximum absolute atomic E-state index is 5.53. The van der Waals surface area contributed by atoms with Crippen LogP contribution in [-0.4, -0.2) is 62.3 Å². The third-order valence-electron chi connectivity index (χ3n) is 5.79. The Labute approximate surface area is 190 Å². The van der Waals surface area contributed by atoms with Crippen molar-refractivity contribution in [2.75, 3.05) is 46.4 Å². The number of morpholine rings is 1. The summed E-state index contributed by atoms with van der Waals surface area (Å²) in [5.41, 5.74) is 0.351. The minimum atomic E-state index is 0. The topological polar surface area (TPSA) is 61.8 Å². The van der Waals surface area contributed by atoms with Gasteiger partial charge < -0.3 is 15.4 Å². The van der Waals surface area contributed by atoms with Gasteiger partial charge in [-0.1, -0.05) is 26.2 Å². The summed E-state index contributed by atoms with van der Waals surface area (Å²) < 4.78 is 5.53. The Balaban J connectivity index is 0.00000280. The molecule has 1 aromatic heterocycles. The molecule has 0 radical (unpaired) electrons. The number of hydrogen-bond acceptors (Lipinski definition) is 5. The van der Waals surface area contributed by atoms with Crippen LogP contribution in [0.25, 0.3) is 0 Å². The lowest BCUT2D eigenvalue weighted by Gasteiger charge is -2.42. The lowest BCUT2D eigenvalue weighted by atomic mass is 9.73. The van der Waals surface area contributed by atoms with Gasteiger partial charge in [-0.2, -0.15) is 0 Å². The van der Waals surface area contributed by atoms with Crippen LogP contribution in [0.3, 0.4) is 0 Å². The predicted octanol–water partition coefficient (Wildman–Crippen LogP) is 3.27. The fraction of sp³-hybridized carbons (Fsp3) is 0.800. The number of aliphatic imine (C=N–C) groups is 1. The van der Waals surface area contributed by atoms with Gasteiger partial charge in [0.2, 0.25) is 0 Å². The number of ether oxygens (including phenoxy) is 1. The van der Waals surface area contributed by atoms with E-state index in [1.54, 1.807) is 11.3 Å². The molecule has 0 amide bonds. The van der Waals surface area contributed by atoms with Gasteiger partial charge in [-0.15, -0.1) is 35.3 Å². The van der Waals surface area contributed by atoms with Crippen LogP contribution in [0, 0.1) is 5.41 Å². The number of aryl methyl sites for hydroxylation is 1. The minimum absolute atomic E-state index is 0. The summed E-state index contributed by atoms with van der Waals surface area (Å²) in [4.78, 5) is 12.8. The zero-order valence-corrected chi connectivity index (χ0v) is 20.5. The molecular weight excluding hydrogens is 485 g/mol. The maximum Gasteiger partial charge on any atom is 0.191 e. The molecule has 1 aromatic rings. The highest BCUT2D eigenvalue weighted by molar-refractivity contribution is 14.0. The van der Waals surface area contributed by atoms with Crippen LogP contribution in [0.1, 0.15) is 48.9 Å². The monoisotopic (exact) mass is 521 g/mol. The summed E-state index contributed by atoms with van der Waals surface area (Å²) in [6.45, 7) is 8.95. The van der Waals surface area contributed by atoms with E-state index in [4.69, 9.17) is 4.74 Å². The molecule has 2 aliphatic rings. The Morgan fingerprint density at radius 2 is 2.00 bits per heavy atom. The quantitative estimate of drug-likeness (QED) is 0.328. The number of thiazole rings is 1. The molecule has 3 rings (SSSR count). The molecule has 2 N–H and O–H groups in total. The number of aromatic nitrogens is 1. The highest BCUT2D eigenvalue weighted by atomic mass is 127. The van der Waals surface area contributed by atoms with Crippen molar-refractivity contribution >= 4 is 41.3 Å². The Morgan fingerprint density at radius 1 is 1.25 bits per heavy atom. The zero-order chi connectivity index (χ0) is 19.0. The van der Waals surface area contributed by atoms with Crippen molar-refractivity contribution < 1.29 is 4.74 Å². The van der Waals surface area contributed by atoms with Gasteiger partial charge in [0.15, 0.2) is 5.96 Å². The predicted molar refractivity (Wildman–Crippen MR) is 128 cm³/mol. The van der Waals surface area contributed by atoms with E-state index in [9.17, 15) is 0 Å². The lowest BCUT2D eigenvalue weighted by Crippen LogP contribution is -2.51. The van der Waals surface area contributed by atoms with Crippen LogP contribution in [0.2, 0.25) is 0 Å². The van der Waals surface area contributed by atoms with Crippen molar-refractivity contribution in [3.05, 3.63) is 16.1 Å². The van der Waals surface area contributed by atoms with Crippen LogP contribution < -0.4 is 10.6 Å². The first-order chi connectivity index (χ1) is 13.2. The fourth-order valence-corrected chi connectivity index (χ4v) is 4.97. The number of nitrogens with zero attached hydrogens (tertiary/aromatic N) is 3. The van der Waals surface area contributed by atoms with Crippen molar-refractivity contribution in [1.82, 2.24) is 20.5 Å². The smallest absolute Gasteiger partial charge is 0.191 e. The standard InChI is InChI=1S/C20H35N5OS.HI/c1-3-17-13-22-18(27-17)14-23-19(21-2)24-15-20(7-5-4-6-8-20)16-25-9-11-26-12-10-25;/h13H,3-12,14-16H2,1-2H3,(H2,21,23,24);1H. The molecule has 160 valence electrons. The van der Waals surface area contributed by atoms with Crippen molar-refractivity contribution in [1.29, 1.82) is 0 Å². The molecule has 2 fully saturated rings. The van der Waals surface area contributed by atoms with Crippen molar-refractivity contribution in [3.8, 4) is 0 Å². The maximum atomic E-state index is 5.53. The minimum Gasteiger partial charge on any atom is -0.379 e. The normalized spacial score (nSPS) is 20.4. The SMILES string of the molecule is CCc1cnc(CNC(=NC)NCC2(CN3CCOCC3)CCCCC2)s1.I. The highest BCUT2D eigenvalue weighted by Crippen LogP contribution is 2.36. The summed E-state index contributed by atoms with van der Waals surface area (Å²) in [7, 11) is 1.85. The van der Waals surface area contributed by atoms with Crippen LogP contribution >= 0.6 is 35.3 Å². The lowest BCUT2D eigenvalue weighted by molar-refractivity contribution is 0.00820. The Hall–Kier alpha value is -0.450. The summed E-state index contributed by atoms with van der Waals surface area (Å²) in [5, 5.41) is 8.18. The van der Waals surface area contributed by atoms with E-state index in [0.29, 0.717) is 5.41 Å². The van der Waals surface area contributed by atoms with E-state index in [0.717, 1.165) is 56.8 Å². The van der Waals surface area contributed by atoms with E-state index in [2.05, 4.69) is 32.4 Å². The second-order valence-electron chi connectivity index (χ2n) is 7.80. The summed E-state index contributed by atoms with van der Waals surface area (Å²) in [6.07, 6.45) is 9.71. The zero-order valence-electron chi connectivity index (χ0n) is 17.3. The first-order valence-corrected chi connectivity index (χ1v) is 11.2. The van der Waals surface area contributed by atoms with Crippen LogP contribution in [0.5, 0.6) is 0 Å². The van der Waals surface area contributed by atoms with Gasteiger partial charge in [0.25, 0.3) is 0 Å². The molecule has 0 spiro atoms. The van der Waals surface area contributed by atoms with Crippen LogP contribution in [0.4, 0.5) is 0 Å². The van der Waals surface area contributed by atoms with E-state index >= 15 is 0 Å². The summed E-state index contributed by atoms with van der Waals surface area (Å²) in [6, 6.07) is 0. The number of guanidine groups is 1. The first-order valence-electron chi connectivity index (χ1n) is 10.4. The van der Waals surface area contributed by atoms with Crippen LogP contribution in [0.15, 0.2) is 11.2 Å². The number of nitrogens with one attached hydrogen (secondary N) is 2. The molecule has 0 atom stereocenters. The molecule has 1 saturated carbocycles. The molecule has 0 aromatic carbocycles. The Bertz CT molecular complexity index is 597. The second kappa shape index (κ2) is 12.3. The molecule has 2 heterocycles. The molecule has 1 aliphatic carbocycles. The van der Waals surface area contributed by atoms with Gasteiger partial charge in [0, 0.05) is 49.7 Å². The average molecular weight is 522 g/mol. The Kier molecular flexibility index (Phi) is 10.5. The van der Waals surface area contributed by atoms with Gasteiger partial charge >= 0.3 is 0 Å². The third kappa shape index (κ3) is 7.11. The van der Waals surface area contributed by atoms with E-state index in [1.165, 1.54) is 43.5 Å². The number of halogens is 1. The molecule has 8 heteroatoms. The van der Waals surface area contributed by atoms with E-state index in [1.807, 2.05) is 13.2 Å². The molecule has 6 nitrogen and oxygen atoms in total. The number of rotatable bonds is 7. The number of hydrogen-bond donors (Lipinski definition) is 2. The molecule has 0 unspecified atom stereocenters. The van der Waals surface area contributed by atoms with E-state index in [-0.39, 0.29) is 24.0 Å². The molecule has 1 saturated heterocycles. The Morgan fingerprint density at radius 3 is 2.64 bits per heavy atom. The average Bonchev–Trinajstić information content (AvgIpc) is 3.18. The highest BCUT2D eigenvalue weighted by Gasteiger charge is 2.34. The molecular formula is C20H36IN5OS. The first kappa shape index (κ1) is 23.8. The van der Waals surface area contributed by atoms with Crippen molar-refractivity contribution in [2.45, 2.75) is 52.0 Å². The van der Waals surface area contributed by atoms with Crippen molar-refractivity contribution in [3.63, 3.8) is 0 Å². The van der Waals surface area contributed by atoms with Crippen molar-refractivity contribution in [2.24, 2.45) is 10.4 Å². The summed E-state index contributed by atoms with van der Waals surface area (Å²) >= 11 is 1.78. The van der Waals surface area contributed by atoms with Gasteiger partial charge in [-0.3, -0.25) is 9.89 Å². The van der Waals surface area contributed by atoms with Gasteiger partial charge in [-0.25, -0.2) is 4.98 Å². The van der Waals surface area contributed by atoms with Gasteiger partial charge in [-0.05, 0) is 19.3 Å². The summed E-state index contributed by atoms with van der Waals surface area (Å²) in [5.74, 6) is 0.884. The molecule has 28 heavy (non-hydrogen) atoms. The second-order valence-corrected chi connectivity index (χ2v) is 9.00. The molecule has 1 aliphatic heterocycles. The van der Waals surface area contributed by atoms with Crippen LogP contribution in [-0.2, 0) is 17.7 Å². The van der Waals surface area contributed by atoms with Gasteiger partial charge in [0.05, 0.1) is 19.8 Å². The van der Waals surface area contributed by atoms with Gasteiger partial charge in [0.1, 0.15) is 5.01 Å². The fourth-order valence-electron chi connectivity index (χ4n) is 4.17. The van der Waals surface area contributed by atoms with E-state index < -0.39 is 0 Å². The third-order valence-corrected chi connectivity index (χ3v) is 6.93.